The van der Waals surface area contributed by atoms with Crippen LogP contribution in [0.4, 0.5) is 11.6 Å². The Bertz CT molecular complexity index is 456. The van der Waals surface area contributed by atoms with E-state index >= 15 is 0 Å². The maximum atomic E-state index is 5.58. The quantitative estimate of drug-likeness (QED) is 0.836. The zero-order chi connectivity index (χ0) is 12.1. The minimum Gasteiger partial charge on any atom is -0.481 e. The van der Waals surface area contributed by atoms with Crippen molar-refractivity contribution in [2.75, 3.05) is 12.4 Å². The summed E-state index contributed by atoms with van der Waals surface area (Å²) in [6.07, 6.45) is 1.64. The first-order valence-electron chi connectivity index (χ1n) is 5.25. The molecule has 3 N–H and O–H groups in total. The van der Waals surface area contributed by atoms with Gasteiger partial charge in [0.15, 0.2) is 0 Å². The zero-order valence-corrected chi connectivity index (χ0v) is 9.55. The first kappa shape index (κ1) is 11.3. The molecule has 17 heavy (non-hydrogen) atoms. The molecule has 1 aromatic heterocycles. The van der Waals surface area contributed by atoms with Crippen molar-refractivity contribution in [2.45, 2.75) is 6.54 Å². The van der Waals surface area contributed by atoms with Crippen molar-refractivity contribution >= 4 is 11.6 Å². The van der Waals surface area contributed by atoms with Crippen LogP contribution in [0.1, 0.15) is 5.56 Å². The molecule has 0 unspecified atom stereocenters. The van der Waals surface area contributed by atoms with E-state index in [-0.39, 0.29) is 0 Å². The molecule has 0 aliphatic heterocycles. The number of nitrogens with zero attached hydrogens (tertiary/aromatic N) is 2. The average molecular weight is 230 g/mol. The van der Waals surface area contributed by atoms with E-state index in [1.54, 1.807) is 19.4 Å². The average Bonchev–Trinajstić information content (AvgIpc) is 2.39. The molecule has 0 bridgehead atoms. The fraction of sp³-hybridized carbons (Fsp3) is 0.167. The summed E-state index contributed by atoms with van der Waals surface area (Å²) in [7, 11) is 1.57. The van der Waals surface area contributed by atoms with Crippen LogP contribution in [-0.4, -0.2) is 17.1 Å². The van der Waals surface area contributed by atoms with Gasteiger partial charge in [0.1, 0.15) is 0 Å². The van der Waals surface area contributed by atoms with Gasteiger partial charge in [-0.2, -0.15) is 4.98 Å². The molecular weight excluding hydrogens is 216 g/mol. The van der Waals surface area contributed by atoms with E-state index in [0.717, 1.165) is 11.3 Å². The molecule has 0 saturated carbocycles. The van der Waals surface area contributed by atoms with Crippen LogP contribution in [0.3, 0.4) is 0 Å². The largest absolute Gasteiger partial charge is 0.481 e. The minimum atomic E-state index is 0.499. The van der Waals surface area contributed by atoms with Gasteiger partial charge >= 0.3 is 0 Å². The predicted octanol–water partition coefficient (Wildman–Crippen LogP) is 1.69. The van der Waals surface area contributed by atoms with Crippen molar-refractivity contribution in [2.24, 2.45) is 5.73 Å². The number of nitrogens with one attached hydrogen (secondary N) is 1. The van der Waals surface area contributed by atoms with E-state index in [2.05, 4.69) is 15.3 Å². The molecule has 5 heteroatoms. The topological polar surface area (TPSA) is 73.1 Å². The van der Waals surface area contributed by atoms with Gasteiger partial charge in [0.05, 0.1) is 7.11 Å². The van der Waals surface area contributed by atoms with E-state index in [1.807, 2.05) is 24.3 Å². The van der Waals surface area contributed by atoms with Gasteiger partial charge < -0.3 is 15.8 Å². The second-order valence-electron chi connectivity index (χ2n) is 3.45. The predicted molar refractivity (Wildman–Crippen MR) is 66.2 cm³/mol. The first-order chi connectivity index (χ1) is 8.31. The summed E-state index contributed by atoms with van der Waals surface area (Å²) in [6, 6.07) is 9.49. The number of benzene rings is 1. The number of methoxy groups -OCH3 is 1. The van der Waals surface area contributed by atoms with Crippen LogP contribution in [0.5, 0.6) is 5.88 Å². The van der Waals surface area contributed by atoms with Crippen molar-refractivity contribution < 1.29 is 4.74 Å². The highest BCUT2D eigenvalue weighted by Gasteiger charge is 2.00. The summed E-state index contributed by atoms with van der Waals surface area (Å²) in [5.74, 6) is 1.02. The number of anilines is 2. The van der Waals surface area contributed by atoms with Gasteiger partial charge in [-0.1, -0.05) is 12.1 Å². The molecule has 0 atom stereocenters. The van der Waals surface area contributed by atoms with E-state index < -0.39 is 0 Å². The summed E-state index contributed by atoms with van der Waals surface area (Å²) in [5.41, 5.74) is 7.54. The molecule has 0 radical (unpaired) electrons. The number of aromatic nitrogens is 2. The van der Waals surface area contributed by atoms with E-state index in [1.165, 1.54) is 0 Å². The lowest BCUT2D eigenvalue weighted by atomic mass is 10.2. The Labute approximate surface area is 99.7 Å². The third-order valence-electron chi connectivity index (χ3n) is 2.26. The fourth-order valence-corrected chi connectivity index (χ4v) is 1.42. The van der Waals surface area contributed by atoms with Gasteiger partial charge in [-0.15, -0.1) is 0 Å². The lowest BCUT2D eigenvalue weighted by Gasteiger charge is -2.06. The Morgan fingerprint density at radius 3 is 3.00 bits per heavy atom. The van der Waals surface area contributed by atoms with E-state index in [0.29, 0.717) is 18.4 Å². The summed E-state index contributed by atoms with van der Waals surface area (Å²) in [4.78, 5) is 8.27. The molecule has 1 heterocycles. The van der Waals surface area contributed by atoms with Crippen LogP contribution in [0, 0.1) is 0 Å². The van der Waals surface area contributed by atoms with Crippen LogP contribution in [0.2, 0.25) is 0 Å². The lowest BCUT2D eigenvalue weighted by molar-refractivity contribution is 0.397. The van der Waals surface area contributed by atoms with Gasteiger partial charge in [-0.05, 0) is 17.7 Å². The second kappa shape index (κ2) is 5.27. The number of nitrogens with two attached hydrogens (primary N) is 1. The van der Waals surface area contributed by atoms with Gasteiger partial charge in [-0.25, -0.2) is 4.98 Å². The first-order valence-corrected chi connectivity index (χ1v) is 5.25. The van der Waals surface area contributed by atoms with Crippen LogP contribution in [0.25, 0.3) is 0 Å². The SMILES string of the molecule is COc1ccnc(Nc2cccc(CN)c2)n1. The maximum absolute atomic E-state index is 5.58. The molecule has 2 aromatic rings. The third-order valence-corrected chi connectivity index (χ3v) is 2.26. The normalized spacial score (nSPS) is 10.0. The van der Waals surface area contributed by atoms with Crippen molar-refractivity contribution in [3.8, 4) is 5.88 Å². The molecule has 0 amide bonds. The van der Waals surface area contributed by atoms with Crippen LogP contribution < -0.4 is 15.8 Å². The van der Waals surface area contributed by atoms with Crippen LogP contribution in [0.15, 0.2) is 36.5 Å². The molecule has 0 spiro atoms. The third kappa shape index (κ3) is 2.92. The molecule has 2 rings (SSSR count). The summed E-state index contributed by atoms with van der Waals surface area (Å²) < 4.78 is 5.03. The summed E-state index contributed by atoms with van der Waals surface area (Å²) >= 11 is 0. The molecule has 0 aliphatic carbocycles. The number of hydrogen-bond donors (Lipinski definition) is 2. The van der Waals surface area contributed by atoms with Crippen molar-refractivity contribution in [3.63, 3.8) is 0 Å². The second-order valence-corrected chi connectivity index (χ2v) is 3.45. The highest BCUT2D eigenvalue weighted by molar-refractivity contribution is 5.54. The molecule has 88 valence electrons. The number of ether oxygens (including phenoxy) is 1. The van der Waals surface area contributed by atoms with Crippen molar-refractivity contribution in [3.05, 3.63) is 42.1 Å². The Morgan fingerprint density at radius 1 is 1.35 bits per heavy atom. The molecular formula is C12H14N4O. The Morgan fingerprint density at radius 2 is 2.24 bits per heavy atom. The van der Waals surface area contributed by atoms with Gasteiger partial charge in [0, 0.05) is 24.5 Å². The summed E-state index contributed by atoms with van der Waals surface area (Å²) in [5, 5.41) is 3.10. The maximum Gasteiger partial charge on any atom is 0.230 e. The monoisotopic (exact) mass is 230 g/mol. The van der Waals surface area contributed by atoms with Gasteiger partial charge in [0.2, 0.25) is 11.8 Å². The molecule has 0 aliphatic rings. The molecule has 0 fully saturated rings. The Hall–Kier alpha value is -2.14. The van der Waals surface area contributed by atoms with Crippen molar-refractivity contribution in [1.29, 1.82) is 0 Å². The number of hydrogen-bond acceptors (Lipinski definition) is 5. The number of rotatable bonds is 4. The van der Waals surface area contributed by atoms with Crippen LogP contribution >= 0.6 is 0 Å². The van der Waals surface area contributed by atoms with Gasteiger partial charge in [-0.3, -0.25) is 0 Å². The minimum absolute atomic E-state index is 0.499. The smallest absolute Gasteiger partial charge is 0.230 e. The standard InChI is InChI=1S/C12H14N4O/c1-17-11-5-6-14-12(16-11)15-10-4-2-3-9(7-10)8-13/h2-7H,8,13H2,1H3,(H,14,15,16). The molecule has 5 nitrogen and oxygen atoms in total. The van der Waals surface area contributed by atoms with Gasteiger partial charge in [0.25, 0.3) is 0 Å². The van der Waals surface area contributed by atoms with E-state index in [4.69, 9.17) is 10.5 Å². The fourth-order valence-electron chi connectivity index (χ4n) is 1.42. The Balaban J connectivity index is 2.18. The highest BCUT2D eigenvalue weighted by Crippen LogP contribution is 2.16. The summed E-state index contributed by atoms with van der Waals surface area (Å²) in [6.45, 7) is 0.508. The highest BCUT2D eigenvalue weighted by atomic mass is 16.5. The van der Waals surface area contributed by atoms with E-state index in [9.17, 15) is 0 Å². The van der Waals surface area contributed by atoms with Crippen LogP contribution in [-0.2, 0) is 6.54 Å². The lowest BCUT2D eigenvalue weighted by Crippen LogP contribution is -2.00. The van der Waals surface area contributed by atoms with Crippen molar-refractivity contribution in [1.82, 2.24) is 9.97 Å². The Kier molecular flexibility index (Phi) is 3.52. The molecule has 0 saturated heterocycles. The zero-order valence-electron chi connectivity index (χ0n) is 9.55. The molecule has 1 aromatic carbocycles.